The number of benzene rings is 1. The molecule has 5 heteroatoms. The van der Waals surface area contributed by atoms with E-state index in [9.17, 15) is 9.59 Å². The minimum atomic E-state index is -0.398. The number of amides is 2. The maximum atomic E-state index is 11.8. The summed E-state index contributed by atoms with van der Waals surface area (Å²) in [6, 6.07) is 5.23. The first-order valence-electron chi connectivity index (χ1n) is 6.38. The molecule has 1 aromatic rings. The SMILES string of the molecule is CCOC(Cc1cccc2c1C(=O)NC2=O)OCC. The van der Waals surface area contributed by atoms with Crippen LogP contribution in [0, 0.1) is 0 Å². The van der Waals surface area contributed by atoms with Crippen LogP contribution in [0.1, 0.15) is 40.1 Å². The average molecular weight is 263 g/mol. The number of ether oxygens (including phenoxy) is 2. The molecule has 0 fully saturated rings. The summed E-state index contributed by atoms with van der Waals surface area (Å²) >= 11 is 0. The van der Waals surface area contributed by atoms with Crippen molar-refractivity contribution in [3.8, 4) is 0 Å². The van der Waals surface area contributed by atoms with Crippen LogP contribution in [-0.4, -0.2) is 31.3 Å². The molecule has 19 heavy (non-hydrogen) atoms. The molecule has 0 spiro atoms. The number of rotatable bonds is 6. The summed E-state index contributed by atoms with van der Waals surface area (Å²) < 4.78 is 10.9. The third-order valence-electron chi connectivity index (χ3n) is 2.94. The molecule has 0 saturated carbocycles. The maximum absolute atomic E-state index is 11.8. The topological polar surface area (TPSA) is 64.6 Å². The van der Waals surface area contributed by atoms with Crippen molar-refractivity contribution in [2.24, 2.45) is 0 Å². The van der Waals surface area contributed by atoms with Crippen molar-refractivity contribution < 1.29 is 19.1 Å². The van der Waals surface area contributed by atoms with Gasteiger partial charge in [0.1, 0.15) is 0 Å². The molecule has 102 valence electrons. The van der Waals surface area contributed by atoms with E-state index in [0.717, 1.165) is 5.56 Å². The first kappa shape index (κ1) is 13.7. The van der Waals surface area contributed by atoms with E-state index in [1.807, 2.05) is 19.9 Å². The lowest BCUT2D eigenvalue weighted by Gasteiger charge is -2.17. The molecule has 1 heterocycles. The average Bonchev–Trinajstić information content (AvgIpc) is 2.67. The van der Waals surface area contributed by atoms with E-state index < -0.39 is 6.29 Å². The second-order valence-electron chi connectivity index (χ2n) is 4.17. The molecule has 1 aliphatic rings. The Bertz CT molecular complexity index is 492. The van der Waals surface area contributed by atoms with Gasteiger partial charge in [0.25, 0.3) is 11.8 Å². The van der Waals surface area contributed by atoms with Crippen molar-refractivity contribution in [1.82, 2.24) is 5.32 Å². The number of hydrogen-bond acceptors (Lipinski definition) is 4. The van der Waals surface area contributed by atoms with Crippen LogP contribution in [0.4, 0.5) is 0 Å². The Kier molecular flexibility index (Phi) is 4.29. The molecule has 0 aromatic heterocycles. The lowest BCUT2D eigenvalue weighted by Crippen LogP contribution is -2.23. The minimum absolute atomic E-state index is 0.341. The fourth-order valence-electron chi connectivity index (χ4n) is 2.18. The van der Waals surface area contributed by atoms with Crippen molar-refractivity contribution in [3.05, 3.63) is 34.9 Å². The van der Waals surface area contributed by atoms with Crippen LogP contribution in [-0.2, 0) is 15.9 Å². The van der Waals surface area contributed by atoms with Gasteiger partial charge in [-0.2, -0.15) is 0 Å². The van der Waals surface area contributed by atoms with Crippen LogP contribution in [0.15, 0.2) is 18.2 Å². The molecule has 0 aliphatic carbocycles. The molecule has 0 saturated heterocycles. The van der Waals surface area contributed by atoms with E-state index in [-0.39, 0.29) is 11.8 Å². The quantitative estimate of drug-likeness (QED) is 0.624. The van der Waals surface area contributed by atoms with Crippen LogP contribution in [0.5, 0.6) is 0 Å². The zero-order valence-electron chi connectivity index (χ0n) is 11.1. The second-order valence-corrected chi connectivity index (χ2v) is 4.17. The molecule has 2 rings (SSSR count). The number of imide groups is 1. The van der Waals surface area contributed by atoms with Gasteiger partial charge in [0.05, 0.1) is 11.1 Å². The largest absolute Gasteiger partial charge is 0.353 e. The fourth-order valence-corrected chi connectivity index (χ4v) is 2.18. The van der Waals surface area contributed by atoms with Gasteiger partial charge >= 0.3 is 0 Å². The third-order valence-corrected chi connectivity index (χ3v) is 2.94. The smallest absolute Gasteiger partial charge is 0.259 e. The first-order valence-corrected chi connectivity index (χ1v) is 6.38. The Morgan fingerprint density at radius 2 is 1.79 bits per heavy atom. The summed E-state index contributed by atoms with van der Waals surface area (Å²) in [6.45, 7) is 4.84. The molecule has 2 amide bonds. The Labute approximate surface area is 111 Å². The van der Waals surface area contributed by atoms with Crippen molar-refractivity contribution in [1.29, 1.82) is 0 Å². The zero-order valence-corrected chi connectivity index (χ0v) is 11.1. The van der Waals surface area contributed by atoms with Crippen LogP contribution in [0.2, 0.25) is 0 Å². The van der Waals surface area contributed by atoms with E-state index in [4.69, 9.17) is 9.47 Å². The fraction of sp³-hybridized carbons (Fsp3) is 0.429. The molecular formula is C14H17NO4. The van der Waals surface area contributed by atoms with E-state index >= 15 is 0 Å². The van der Waals surface area contributed by atoms with E-state index in [1.165, 1.54) is 0 Å². The highest BCUT2D eigenvalue weighted by atomic mass is 16.7. The summed E-state index contributed by atoms with van der Waals surface area (Å²) in [6.07, 6.45) is 0.0518. The lowest BCUT2D eigenvalue weighted by atomic mass is 10.00. The van der Waals surface area contributed by atoms with Crippen LogP contribution < -0.4 is 5.32 Å². The van der Waals surface area contributed by atoms with Gasteiger partial charge in [-0.05, 0) is 25.5 Å². The van der Waals surface area contributed by atoms with Gasteiger partial charge in [0, 0.05) is 19.6 Å². The molecule has 1 aromatic carbocycles. The molecule has 1 N–H and O–H groups in total. The first-order chi connectivity index (χ1) is 9.17. The number of carbonyl (C=O) groups is 2. The number of nitrogens with one attached hydrogen (secondary N) is 1. The number of fused-ring (bicyclic) bond motifs is 1. The predicted octanol–water partition coefficient (Wildman–Crippen LogP) is 1.51. The summed E-state index contributed by atoms with van der Waals surface area (Å²) in [4.78, 5) is 23.4. The monoisotopic (exact) mass is 263 g/mol. The molecule has 0 bridgehead atoms. The predicted molar refractivity (Wildman–Crippen MR) is 69.0 cm³/mol. The summed E-state index contributed by atoms with van der Waals surface area (Å²) in [5, 5.41) is 2.30. The third kappa shape index (κ3) is 2.83. The Morgan fingerprint density at radius 3 is 2.42 bits per heavy atom. The van der Waals surface area contributed by atoms with E-state index in [2.05, 4.69) is 5.32 Å². The van der Waals surface area contributed by atoms with Crippen molar-refractivity contribution in [3.63, 3.8) is 0 Å². The van der Waals surface area contributed by atoms with Crippen molar-refractivity contribution in [2.45, 2.75) is 26.6 Å². The van der Waals surface area contributed by atoms with E-state index in [0.29, 0.717) is 30.8 Å². The van der Waals surface area contributed by atoms with Crippen LogP contribution >= 0.6 is 0 Å². The number of carbonyl (C=O) groups excluding carboxylic acids is 2. The summed E-state index contributed by atoms with van der Waals surface area (Å²) in [7, 11) is 0. The van der Waals surface area contributed by atoms with Gasteiger partial charge in [-0.25, -0.2) is 0 Å². The highest BCUT2D eigenvalue weighted by Gasteiger charge is 2.29. The Balaban J connectivity index is 2.26. The normalized spacial score (nSPS) is 13.8. The maximum Gasteiger partial charge on any atom is 0.259 e. The summed E-state index contributed by atoms with van der Waals surface area (Å²) in [5.41, 5.74) is 1.64. The zero-order chi connectivity index (χ0) is 13.8. The minimum Gasteiger partial charge on any atom is -0.353 e. The van der Waals surface area contributed by atoms with Gasteiger partial charge in [0.15, 0.2) is 6.29 Å². The number of hydrogen-bond donors (Lipinski definition) is 1. The van der Waals surface area contributed by atoms with Gasteiger partial charge in [0.2, 0.25) is 0 Å². The second kappa shape index (κ2) is 5.95. The Morgan fingerprint density at radius 1 is 1.11 bits per heavy atom. The van der Waals surface area contributed by atoms with Gasteiger partial charge in [-0.1, -0.05) is 12.1 Å². The van der Waals surface area contributed by atoms with Gasteiger partial charge in [-0.3, -0.25) is 14.9 Å². The molecule has 5 nitrogen and oxygen atoms in total. The van der Waals surface area contributed by atoms with Gasteiger partial charge in [-0.15, -0.1) is 0 Å². The summed E-state index contributed by atoms with van der Waals surface area (Å²) in [5.74, 6) is -0.687. The molecule has 0 radical (unpaired) electrons. The van der Waals surface area contributed by atoms with Crippen molar-refractivity contribution in [2.75, 3.05) is 13.2 Å². The highest BCUT2D eigenvalue weighted by Crippen LogP contribution is 2.22. The Hall–Kier alpha value is -1.72. The van der Waals surface area contributed by atoms with Gasteiger partial charge < -0.3 is 9.47 Å². The molecule has 0 unspecified atom stereocenters. The van der Waals surface area contributed by atoms with E-state index in [1.54, 1.807) is 12.1 Å². The molecule has 1 aliphatic heterocycles. The highest BCUT2D eigenvalue weighted by molar-refractivity contribution is 6.22. The van der Waals surface area contributed by atoms with Crippen LogP contribution in [0.3, 0.4) is 0 Å². The van der Waals surface area contributed by atoms with Crippen molar-refractivity contribution >= 4 is 11.8 Å². The molecule has 0 atom stereocenters. The molecular weight excluding hydrogens is 246 g/mol. The lowest BCUT2D eigenvalue weighted by molar-refractivity contribution is -0.134. The van der Waals surface area contributed by atoms with Crippen LogP contribution in [0.25, 0.3) is 0 Å². The standard InChI is InChI=1S/C14H17NO4/c1-3-18-11(19-4-2)8-9-6-5-7-10-12(9)14(17)15-13(10)16/h5-7,11H,3-4,8H2,1-2H3,(H,15,16,17).